The van der Waals surface area contributed by atoms with Crippen molar-refractivity contribution in [1.29, 1.82) is 0 Å². The molecule has 1 aliphatic rings. The minimum absolute atomic E-state index is 0.0450. The molecule has 1 aliphatic carbocycles. The zero-order valence-corrected chi connectivity index (χ0v) is 18.2. The van der Waals surface area contributed by atoms with E-state index in [-0.39, 0.29) is 18.9 Å². The van der Waals surface area contributed by atoms with Crippen LogP contribution in [0.1, 0.15) is 60.4 Å². The lowest BCUT2D eigenvalue weighted by molar-refractivity contribution is -0.137. The smallest absolute Gasteiger partial charge is 0.407 e. The summed E-state index contributed by atoms with van der Waals surface area (Å²) >= 11 is 0. The highest BCUT2D eigenvalue weighted by molar-refractivity contribution is 5.79. The molecule has 0 saturated carbocycles. The van der Waals surface area contributed by atoms with Crippen LogP contribution in [0.4, 0.5) is 4.79 Å². The fourth-order valence-corrected chi connectivity index (χ4v) is 4.32. The third-order valence-electron chi connectivity index (χ3n) is 6.02. The van der Waals surface area contributed by atoms with Crippen molar-refractivity contribution in [2.75, 3.05) is 6.61 Å². The number of amides is 1. The molecule has 3 aromatic rings. The predicted molar refractivity (Wildman–Crippen MR) is 124 cm³/mol. The molecule has 0 unspecified atom stereocenters. The van der Waals surface area contributed by atoms with Gasteiger partial charge in [0, 0.05) is 5.92 Å². The van der Waals surface area contributed by atoms with E-state index in [9.17, 15) is 14.7 Å². The van der Waals surface area contributed by atoms with Crippen LogP contribution in [-0.2, 0) is 9.53 Å². The van der Waals surface area contributed by atoms with Gasteiger partial charge in [-0.2, -0.15) is 0 Å². The normalized spacial score (nSPS) is 13.3. The highest BCUT2D eigenvalue weighted by atomic mass is 16.5. The van der Waals surface area contributed by atoms with Crippen LogP contribution in [0.15, 0.2) is 72.8 Å². The van der Waals surface area contributed by atoms with Gasteiger partial charge in [-0.15, -0.1) is 0 Å². The molecule has 3 aromatic carbocycles. The van der Waals surface area contributed by atoms with Gasteiger partial charge in [-0.05, 0) is 39.3 Å². The minimum atomic E-state index is -0.984. The number of fused-ring (bicyclic) bond motifs is 3. The van der Waals surface area contributed by atoms with Crippen LogP contribution in [0.25, 0.3) is 11.1 Å². The van der Waals surface area contributed by atoms with Gasteiger partial charge in [0.25, 0.3) is 0 Å². The van der Waals surface area contributed by atoms with Crippen LogP contribution in [0.3, 0.4) is 0 Å². The molecule has 0 aromatic heterocycles. The minimum Gasteiger partial charge on any atom is -0.481 e. The number of nitrogens with one attached hydrogen (secondary N) is 1. The first-order chi connectivity index (χ1) is 15.4. The van der Waals surface area contributed by atoms with Gasteiger partial charge in [-0.3, -0.25) is 4.79 Å². The molecule has 0 bridgehead atoms. The molecule has 0 radical (unpaired) electrons. The van der Waals surface area contributed by atoms with Gasteiger partial charge in [0.15, 0.2) is 0 Å². The third kappa shape index (κ3) is 4.52. The van der Waals surface area contributed by atoms with Gasteiger partial charge in [0.05, 0.1) is 12.5 Å². The molecule has 0 aliphatic heterocycles. The van der Waals surface area contributed by atoms with E-state index in [0.29, 0.717) is 5.92 Å². The van der Waals surface area contributed by atoms with E-state index in [1.54, 1.807) is 0 Å². The average molecular weight is 430 g/mol. The topological polar surface area (TPSA) is 75.6 Å². The van der Waals surface area contributed by atoms with Crippen molar-refractivity contribution in [3.63, 3.8) is 0 Å². The Morgan fingerprint density at radius 3 is 1.94 bits per heavy atom. The first-order valence-electron chi connectivity index (χ1n) is 10.9. The maximum atomic E-state index is 12.6. The number of carbonyl (C=O) groups excluding carboxylic acids is 1. The lowest BCUT2D eigenvalue weighted by Crippen LogP contribution is -2.31. The fraction of sp³-hybridized carbons (Fsp3) is 0.259. The first kappa shape index (κ1) is 21.6. The fourth-order valence-electron chi connectivity index (χ4n) is 4.32. The molecule has 1 atom stereocenters. The van der Waals surface area contributed by atoms with Gasteiger partial charge >= 0.3 is 12.1 Å². The van der Waals surface area contributed by atoms with E-state index in [1.807, 2.05) is 48.5 Å². The van der Waals surface area contributed by atoms with Crippen molar-refractivity contribution in [3.8, 4) is 11.1 Å². The Labute approximate surface area is 188 Å². The van der Waals surface area contributed by atoms with E-state index in [2.05, 4.69) is 43.4 Å². The molecule has 0 spiro atoms. The number of carboxylic acids is 1. The number of benzene rings is 3. The first-order valence-corrected chi connectivity index (χ1v) is 10.9. The summed E-state index contributed by atoms with van der Waals surface area (Å²) in [6.45, 7) is 4.38. The zero-order valence-electron chi connectivity index (χ0n) is 18.2. The Hall–Kier alpha value is -3.60. The van der Waals surface area contributed by atoms with Crippen LogP contribution in [-0.4, -0.2) is 23.8 Å². The molecule has 0 heterocycles. The second-order valence-corrected chi connectivity index (χ2v) is 8.44. The standard InChI is InChI=1S/C27H27NO4/c1-17(2)18-11-13-19(14-12-18)25(15-26(29)30)28-27(31)32-16-24-22-9-5-3-7-20(22)21-8-4-6-10-23(21)24/h3-14,17,24-25H,15-16H2,1-2H3,(H,28,31)(H,29,30)/t25-/m1/s1. The molecular formula is C27H27NO4. The summed E-state index contributed by atoms with van der Waals surface area (Å²) in [5.41, 5.74) is 6.48. The summed E-state index contributed by atoms with van der Waals surface area (Å²) < 4.78 is 5.59. The van der Waals surface area contributed by atoms with Crippen LogP contribution in [0, 0.1) is 0 Å². The Kier molecular flexibility index (Phi) is 6.26. The number of aliphatic carboxylic acids is 1. The maximum Gasteiger partial charge on any atom is 0.407 e. The molecule has 164 valence electrons. The highest BCUT2D eigenvalue weighted by Gasteiger charge is 2.29. The molecule has 1 amide bonds. The molecule has 32 heavy (non-hydrogen) atoms. The van der Waals surface area contributed by atoms with Gasteiger partial charge < -0.3 is 15.2 Å². The molecule has 2 N–H and O–H groups in total. The van der Waals surface area contributed by atoms with E-state index < -0.39 is 18.1 Å². The lowest BCUT2D eigenvalue weighted by atomic mass is 9.97. The molecule has 0 fully saturated rings. The van der Waals surface area contributed by atoms with Gasteiger partial charge in [-0.1, -0.05) is 86.6 Å². The summed E-state index contributed by atoms with van der Waals surface area (Å²) in [4.78, 5) is 24.0. The summed E-state index contributed by atoms with van der Waals surface area (Å²) in [6.07, 6.45) is -0.836. The molecular weight excluding hydrogens is 402 g/mol. The lowest BCUT2D eigenvalue weighted by Gasteiger charge is -2.20. The van der Waals surface area contributed by atoms with Gasteiger partial charge in [0.1, 0.15) is 6.61 Å². The predicted octanol–water partition coefficient (Wildman–Crippen LogP) is 5.86. The average Bonchev–Trinajstić information content (AvgIpc) is 3.11. The highest BCUT2D eigenvalue weighted by Crippen LogP contribution is 2.44. The monoisotopic (exact) mass is 429 g/mol. The largest absolute Gasteiger partial charge is 0.481 e. The number of hydrogen-bond acceptors (Lipinski definition) is 3. The Morgan fingerprint density at radius 2 is 1.41 bits per heavy atom. The Balaban J connectivity index is 1.46. The second-order valence-electron chi connectivity index (χ2n) is 8.44. The van der Waals surface area contributed by atoms with E-state index in [4.69, 9.17) is 4.74 Å². The third-order valence-corrected chi connectivity index (χ3v) is 6.02. The van der Waals surface area contributed by atoms with Crippen LogP contribution in [0.5, 0.6) is 0 Å². The summed E-state index contributed by atoms with van der Waals surface area (Å²) in [6, 6.07) is 23.3. The van der Waals surface area contributed by atoms with Crippen molar-refractivity contribution in [2.45, 2.75) is 38.1 Å². The zero-order chi connectivity index (χ0) is 22.7. The quantitative estimate of drug-likeness (QED) is 0.493. The number of carbonyl (C=O) groups is 2. The molecule has 5 heteroatoms. The molecule has 4 rings (SSSR count). The summed E-state index contributed by atoms with van der Waals surface area (Å²) in [5, 5.41) is 12.1. The van der Waals surface area contributed by atoms with Crippen LogP contribution < -0.4 is 5.32 Å². The van der Waals surface area contributed by atoms with Crippen molar-refractivity contribution < 1.29 is 19.4 Å². The van der Waals surface area contributed by atoms with Crippen molar-refractivity contribution in [3.05, 3.63) is 95.1 Å². The van der Waals surface area contributed by atoms with Gasteiger partial charge in [0.2, 0.25) is 0 Å². The van der Waals surface area contributed by atoms with Crippen LogP contribution in [0.2, 0.25) is 0 Å². The van der Waals surface area contributed by atoms with E-state index in [1.165, 1.54) is 0 Å². The van der Waals surface area contributed by atoms with E-state index >= 15 is 0 Å². The molecule has 5 nitrogen and oxygen atoms in total. The van der Waals surface area contributed by atoms with Crippen molar-refractivity contribution in [1.82, 2.24) is 5.32 Å². The maximum absolute atomic E-state index is 12.6. The Bertz CT molecular complexity index is 1080. The number of alkyl carbamates (subject to hydrolysis) is 1. The number of carboxylic acid groups (broad SMARTS) is 1. The van der Waals surface area contributed by atoms with Crippen molar-refractivity contribution in [2.24, 2.45) is 0 Å². The van der Waals surface area contributed by atoms with Crippen molar-refractivity contribution >= 4 is 12.1 Å². The summed E-state index contributed by atoms with van der Waals surface area (Å²) in [5.74, 6) is -0.657. The summed E-state index contributed by atoms with van der Waals surface area (Å²) in [7, 11) is 0. The molecule has 0 saturated heterocycles. The SMILES string of the molecule is CC(C)c1ccc([C@@H](CC(=O)O)NC(=O)OCC2c3ccccc3-c3ccccc32)cc1. The second kappa shape index (κ2) is 9.27. The van der Waals surface area contributed by atoms with Gasteiger partial charge in [-0.25, -0.2) is 4.79 Å². The number of ether oxygens (including phenoxy) is 1. The Morgan fingerprint density at radius 1 is 0.875 bits per heavy atom. The number of rotatable bonds is 7. The number of hydrogen-bond donors (Lipinski definition) is 2. The van der Waals surface area contributed by atoms with E-state index in [0.717, 1.165) is 33.4 Å². The van der Waals surface area contributed by atoms with Crippen LogP contribution >= 0.6 is 0 Å².